The molecule has 108 valence electrons. The lowest BCUT2D eigenvalue weighted by atomic mass is 10.1. The third kappa shape index (κ3) is 5.09. The first kappa shape index (κ1) is 15.8. The van der Waals surface area contributed by atoms with Gasteiger partial charge < -0.3 is 19.9 Å². The van der Waals surface area contributed by atoms with Gasteiger partial charge in [0.1, 0.15) is 0 Å². The van der Waals surface area contributed by atoms with E-state index in [0.29, 0.717) is 19.8 Å². The van der Waals surface area contributed by atoms with Gasteiger partial charge in [-0.3, -0.25) is 0 Å². The molecule has 2 N–H and O–H groups in total. The smallest absolute Gasteiger partial charge is 0.161 e. The van der Waals surface area contributed by atoms with Crippen molar-refractivity contribution in [2.24, 2.45) is 5.73 Å². The minimum absolute atomic E-state index is 0.144. The van der Waals surface area contributed by atoms with Crippen molar-refractivity contribution >= 4 is 0 Å². The van der Waals surface area contributed by atoms with Gasteiger partial charge in [0.25, 0.3) is 0 Å². The van der Waals surface area contributed by atoms with Crippen LogP contribution in [0, 0.1) is 0 Å². The van der Waals surface area contributed by atoms with Gasteiger partial charge in [0.2, 0.25) is 0 Å². The molecule has 1 unspecified atom stereocenters. The Morgan fingerprint density at radius 1 is 1.05 bits per heavy atom. The summed E-state index contributed by atoms with van der Waals surface area (Å²) in [5.74, 6) is 1.54. The van der Waals surface area contributed by atoms with Crippen molar-refractivity contribution in [2.75, 3.05) is 26.9 Å². The summed E-state index contributed by atoms with van der Waals surface area (Å²) < 4.78 is 16.5. The number of methoxy groups -OCH3 is 1. The quantitative estimate of drug-likeness (QED) is 0.747. The van der Waals surface area contributed by atoms with Crippen LogP contribution in [0.5, 0.6) is 11.5 Å². The van der Waals surface area contributed by atoms with Crippen molar-refractivity contribution in [3.8, 4) is 11.5 Å². The topological polar surface area (TPSA) is 53.7 Å². The highest BCUT2D eigenvalue weighted by atomic mass is 16.5. The van der Waals surface area contributed by atoms with E-state index in [4.69, 9.17) is 19.9 Å². The summed E-state index contributed by atoms with van der Waals surface area (Å²) in [6, 6.07) is 5.69. The second-order valence-electron chi connectivity index (χ2n) is 4.46. The molecule has 1 atom stereocenters. The summed E-state index contributed by atoms with van der Waals surface area (Å²) in [7, 11) is 1.65. The Morgan fingerprint density at radius 2 is 1.68 bits per heavy atom. The number of hydrogen-bond donors (Lipinski definition) is 1. The van der Waals surface area contributed by atoms with Crippen LogP contribution in [0.3, 0.4) is 0 Å². The molecule has 0 bridgehead atoms. The number of nitrogens with two attached hydrogens (primary N) is 1. The van der Waals surface area contributed by atoms with Gasteiger partial charge in [-0.15, -0.1) is 0 Å². The molecular weight excluding hydrogens is 242 g/mol. The highest BCUT2D eigenvalue weighted by Gasteiger charge is 2.11. The van der Waals surface area contributed by atoms with Crippen molar-refractivity contribution in [3.63, 3.8) is 0 Å². The van der Waals surface area contributed by atoms with Gasteiger partial charge in [-0.05, 0) is 30.5 Å². The lowest BCUT2D eigenvalue weighted by molar-refractivity contribution is 0.180. The maximum atomic E-state index is 6.03. The molecule has 0 amide bonds. The van der Waals surface area contributed by atoms with Crippen LogP contribution >= 0.6 is 0 Å². The van der Waals surface area contributed by atoms with Crippen LogP contribution in [0.15, 0.2) is 18.2 Å². The van der Waals surface area contributed by atoms with Crippen molar-refractivity contribution in [1.82, 2.24) is 0 Å². The summed E-state index contributed by atoms with van der Waals surface area (Å²) in [6.45, 7) is 6.00. The first-order valence-corrected chi connectivity index (χ1v) is 6.87. The van der Waals surface area contributed by atoms with Crippen LogP contribution in [0.25, 0.3) is 0 Å². The second-order valence-corrected chi connectivity index (χ2v) is 4.46. The van der Waals surface area contributed by atoms with Gasteiger partial charge in [-0.2, -0.15) is 0 Å². The fourth-order valence-corrected chi connectivity index (χ4v) is 1.69. The van der Waals surface area contributed by atoms with E-state index in [0.717, 1.165) is 29.9 Å². The maximum Gasteiger partial charge on any atom is 0.161 e. The zero-order valence-corrected chi connectivity index (χ0v) is 12.1. The lowest BCUT2D eigenvalue weighted by Gasteiger charge is -2.16. The molecule has 0 fully saturated rings. The van der Waals surface area contributed by atoms with Gasteiger partial charge in [-0.25, -0.2) is 0 Å². The molecule has 19 heavy (non-hydrogen) atoms. The Bertz CT molecular complexity index is 368. The molecule has 1 aromatic rings. The van der Waals surface area contributed by atoms with Crippen LogP contribution in [0.1, 0.15) is 38.3 Å². The molecule has 1 rings (SSSR count). The van der Waals surface area contributed by atoms with E-state index in [-0.39, 0.29) is 6.04 Å². The minimum atomic E-state index is -0.144. The fraction of sp³-hybridized carbons (Fsp3) is 0.600. The molecular formula is C15H25NO3. The number of ether oxygens (including phenoxy) is 3. The van der Waals surface area contributed by atoms with Gasteiger partial charge in [-0.1, -0.05) is 19.9 Å². The molecule has 1 aromatic carbocycles. The van der Waals surface area contributed by atoms with Crippen molar-refractivity contribution in [1.29, 1.82) is 0 Å². The molecule has 0 spiro atoms. The number of benzene rings is 1. The van der Waals surface area contributed by atoms with Crippen LogP contribution in [-0.2, 0) is 4.74 Å². The predicted octanol–water partition coefficient (Wildman–Crippen LogP) is 2.91. The Labute approximate surface area is 115 Å². The van der Waals surface area contributed by atoms with Crippen LogP contribution in [-0.4, -0.2) is 26.9 Å². The molecule has 4 heteroatoms. The third-order valence-electron chi connectivity index (χ3n) is 2.67. The fourth-order valence-electron chi connectivity index (χ4n) is 1.69. The molecule has 0 heterocycles. The Kier molecular flexibility index (Phi) is 7.30. The maximum absolute atomic E-state index is 6.03. The van der Waals surface area contributed by atoms with E-state index >= 15 is 0 Å². The van der Waals surface area contributed by atoms with E-state index in [9.17, 15) is 0 Å². The van der Waals surface area contributed by atoms with Crippen molar-refractivity contribution in [3.05, 3.63) is 23.8 Å². The monoisotopic (exact) mass is 267 g/mol. The molecule has 4 nitrogen and oxygen atoms in total. The SMILES string of the molecule is CCCOc1ccc(C(N)COC)cc1OCCC. The Balaban J connectivity index is 2.86. The van der Waals surface area contributed by atoms with Gasteiger partial charge in [0.05, 0.1) is 25.9 Å². The van der Waals surface area contributed by atoms with Crippen LogP contribution in [0.2, 0.25) is 0 Å². The normalized spacial score (nSPS) is 12.2. The first-order chi connectivity index (χ1) is 9.22. The summed E-state index contributed by atoms with van der Waals surface area (Å²) in [5.41, 5.74) is 7.03. The summed E-state index contributed by atoms with van der Waals surface area (Å²) >= 11 is 0. The Morgan fingerprint density at radius 3 is 2.26 bits per heavy atom. The van der Waals surface area contributed by atoms with Gasteiger partial charge in [0, 0.05) is 7.11 Å². The average Bonchev–Trinajstić information content (AvgIpc) is 2.43. The molecule has 0 aromatic heterocycles. The van der Waals surface area contributed by atoms with Gasteiger partial charge in [0.15, 0.2) is 11.5 Å². The number of hydrogen-bond acceptors (Lipinski definition) is 4. The lowest BCUT2D eigenvalue weighted by Crippen LogP contribution is -2.16. The molecule has 0 radical (unpaired) electrons. The average molecular weight is 267 g/mol. The first-order valence-electron chi connectivity index (χ1n) is 6.87. The third-order valence-corrected chi connectivity index (χ3v) is 2.67. The van der Waals surface area contributed by atoms with E-state index < -0.39 is 0 Å². The van der Waals surface area contributed by atoms with E-state index in [1.807, 2.05) is 18.2 Å². The number of rotatable bonds is 9. The second kappa shape index (κ2) is 8.77. The van der Waals surface area contributed by atoms with Gasteiger partial charge >= 0.3 is 0 Å². The highest BCUT2D eigenvalue weighted by Crippen LogP contribution is 2.30. The van der Waals surface area contributed by atoms with E-state index in [1.165, 1.54) is 0 Å². The molecule has 0 saturated heterocycles. The molecule has 0 aliphatic rings. The van der Waals surface area contributed by atoms with Crippen LogP contribution in [0.4, 0.5) is 0 Å². The summed E-state index contributed by atoms with van der Waals surface area (Å²) in [4.78, 5) is 0. The van der Waals surface area contributed by atoms with Crippen molar-refractivity contribution in [2.45, 2.75) is 32.7 Å². The molecule has 0 saturated carbocycles. The van der Waals surface area contributed by atoms with Crippen molar-refractivity contribution < 1.29 is 14.2 Å². The summed E-state index contributed by atoms with van der Waals surface area (Å²) in [6.07, 6.45) is 1.93. The summed E-state index contributed by atoms with van der Waals surface area (Å²) in [5, 5.41) is 0. The zero-order chi connectivity index (χ0) is 14.1. The Hall–Kier alpha value is -1.26. The zero-order valence-electron chi connectivity index (χ0n) is 12.1. The highest BCUT2D eigenvalue weighted by molar-refractivity contribution is 5.44. The largest absolute Gasteiger partial charge is 0.490 e. The molecule has 0 aliphatic carbocycles. The van der Waals surface area contributed by atoms with E-state index in [1.54, 1.807) is 7.11 Å². The standard InChI is InChI=1S/C15H25NO3/c1-4-8-18-14-7-6-12(13(16)11-17-3)10-15(14)19-9-5-2/h6-7,10,13H,4-5,8-9,11,16H2,1-3H3. The minimum Gasteiger partial charge on any atom is -0.490 e. The molecule has 0 aliphatic heterocycles. The van der Waals surface area contributed by atoms with E-state index in [2.05, 4.69) is 13.8 Å². The van der Waals surface area contributed by atoms with Crippen LogP contribution < -0.4 is 15.2 Å². The predicted molar refractivity (Wildman–Crippen MR) is 76.8 cm³/mol.